The summed E-state index contributed by atoms with van der Waals surface area (Å²) in [5, 5.41) is 2.63. The standard InChI is InChI=1S/C32H42F2N4O6/c1-17(2)25(39)27-32(33,34)24-16-38(27)29(40)26(31(3,4)5)37-30(41)43-23-14-18(23)10-8-7-9-11-21-28(44-24)36-22-15-19(42-6)12-13-20(22)35-21/h12-13,15,17-18,23-24,26-27H,7-11,14,16H2,1-6H3,(H,37,41). The minimum Gasteiger partial charge on any atom is -0.497 e. The molecule has 5 atom stereocenters. The van der Waals surface area contributed by atoms with Gasteiger partial charge in [-0.15, -0.1) is 0 Å². The number of hydrogen-bond acceptors (Lipinski definition) is 8. The fourth-order valence-corrected chi connectivity index (χ4v) is 6.00. The summed E-state index contributed by atoms with van der Waals surface area (Å²) in [6.45, 7) is 7.59. The van der Waals surface area contributed by atoms with Crippen molar-refractivity contribution in [1.82, 2.24) is 20.2 Å². The summed E-state index contributed by atoms with van der Waals surface area (Å²) < 4.78 is 49.6. The van der Waals surface area contributed by atoms with Gasteiger partial charge in [0.25, 0.3) is 0 Å². The maximum atomic E-state index is 16.3. The van der Waals surface area contributed by atoms with Crippen molar-refractivity contribution in [2.75, 3.05) is 13.7 Å². The van der Waals surface area contributed by atoms with Crippen LogP contribution < -0.4 is 14.8 Å². The summed E-state index contributed by atoms with van der Waals surface area (Å²) in [5.41, 5.74) is 0.531. The smallest absolute Gasteiger partial charge is 0.408 e. The number of halogens is 2. The fraction of sp³-hybridized carbons (Fsp3) is 0.656. The van der Waals surface area contributed by atoms with Gasteiger partial charge in [0.2, 0.25) is 11.8 Å². The zero-order valence-electron chi connectivity index (χ0n) is 26.2. The second-order valence-electron chi connectivity index (χ2n) is 13.5. The van der Waals surface area contributed by atoms with E-state index in [2.05, 4.69) is 10.3 Å². The molecule has 2 bridgehead atoms. The molecule has 12 heteroatoms. The summed E-state index contributed by atoms with van der Waals surface area (Å²) in [5.74, 6) is -5.44. The predicted molar refractivity (Wildman–Crippen MR) is 158 cm³/mol. The zero-order chi connectivity index (χ0) is 32.0. The molecule has 1 aromatic heterocycles. The highest BCUT2D eigenvalue weighted by atomic mass is 19.3. The Morgan fingerprint density at radius 2 is 1.86 bits per heavy atom. The maximum absolute atomic E-state index is 16.3. The molecule has 5 unspecified atom stereocenters. The summed E-state index contributed by atoms with van der Waals surface area (Å²) >= 11 is 0. The predicted octanol–water partition coefficient (Wildman–Crippen LogP) is 5.10. The number of ether oxygens (including phenoxy) is 3. The highest BCUT2D eigenvalue weighted by Gasteiger charge is 2.63. The Morgan fingerprint density at radius 3 is 2.55 bits per heavy atom. The lowest BCUT2D eigenvalue weighted by atomic mass is 9.85. The Balaban J connectivity index is 1.57. The molecule has 240 valence electrons. The van der Waals surface area contributed by atoms with Crippen LogP contribution in [0.4, 0.5) is 13.6 Å². The number of alkyl halides is 2. The molecule has 10 nitrogen and oxygen atoms in total. The molecule has 5 rings (SSSR count). The highest BCUT2D eigenvalue weighted by molar-refractivity contribution is 5.95. The molecule has 1 saturated carbocycles. The van der Waals surface area contributed by atoms with E-state index in [1.807, 2.05) is 0 Å². The van der Waals surface area contributed by atoms with Gasteiger partial charge >= 0.3 is 12.0 Å². The lowest BCUT2D eigenvalue weighted by Gasteiger charge is -2.35. The number of nitrogens with one attached hydrogen (secondary N) is 1. The van der Waals surface area contributed by atoms with Crippen molar-refractivity contribution in [1.29, 1.82) is 0 Å². The number of alkyl carbamates (subject to hydrolysis) is 1. The lowest BCUT2D eigenvalue weighted by Crippen LogP contribution is -2.59. The molecule has 1 aromatic carbocycles. The van der Waals surface area contributed by atoms with Gasteiger partial charge in [0, 0.05) is 12.0 Å². The van der Waals surface area contributed by atoms with Crippen molar-refractivity contribution < 1.29 is 37.4 Å². The first kappa shape index (κ1) is 31.8. The van der Waals surface area contributed by atoms with E-state index in [4.69, 9.17) is 19.2 Å². The number of carbonyl (C=O) groups excluding carboxylic acids is 3. The minimum absolute atomic E-state index is 0.0575. The van der Waals surface area contributed by atoms with Crippen LogP contribution in [0.3, 0.4) is 0 Å². The number of ketones is 1. The quantitative estimate of drug-likeness (QED) is 0.506. The molecular formula is C32H42F2N4O6. The van der Waals surface area contributed by atoms with E-state index in [0.717, 1.165) is 37.0 Å². The van der Waals surface area contributed by atoms with Crippen LogP contribution in [0.25, 0.3) is 11.0 Å². The van der Waals surface area contributed by atoms with Crippen LogP contribution in [0.1, 0.15) is 72.4 Å². The Bertz CT molecular complexity index is 1430. The van der Waals surface area contributed by atoms with Gasteiger partial charge in [-0.05, 0) is 49.1 Å². The van der Waals surface area contributed by atoms with Crippen LogP contribution in [0.5, 0.6) is 11.6 Å². The number of amides is 2. The van der Waals surface area contributed by atoms with E-state index in [-0.39, 0.29) is 17.9 Å². The zero-order valence-corrected chi connectivity index (χ0v) is 26.2. The Hall–Kier alpha value is -3.57. The van der Waals surface area contributed by atoms with Crippen molar-refractivity contribution in [2.45, 2.75) is 103 Å². The molecule has 0 spiro atoms. The van der Waals surface area contributed by atoms with Crippen LogP contribution in [-0.4, -0.2) is 76.5 Å². The second kappa shape index (κ2) is 12.1. The number of methoxy groups -OCH3 is 1. The molecule has 1 N–H and O–H groups in total. The highest BCUT2D eigenvalue weighted by Crippen LogP contribution is 2.41. The third-order valence-electron chi connectivity index (χ3n) is 8.73. The largest absolute Gasteiger partial charge is 0.497 e. The van der Waals surface area contributed by atoms with E-state index in [0.29, 0.717) is 28.9 Å². The van der Waals surface area contributed by atoms with E-state index >= 15 is 8.78 Å². The van der Waals surface area contributed by atoms with Gasteiger partial charge in [-0.2, -0.15) is 8.78 Å². The van der Waals surface area contributed by atoms with Crippen LogP contribution >= 0.6 is 0 Å². The van der Waals surface area contributed by atoms with Gasteiger partial charge in [0.1, 0.15) is 23.6 Å². The van der Waals surface area contributed by atoms with Gasteiger partial charge in [0.05, 0.1) is 24.7 Å². The average Bonchev–Trinajstić information content (AvgIpc) is 3.63. The van der Waals surface area contributed by atoms with Crippen molar-refractivity contribution in [3.63, 3.8) is 0 Å². The maximum Gasteiger partial charge on any atom is 0.408 e. The van der Waals surface area contributed by atoms with Crippen LogP contribution in [0, 0.1) is 17.3 Å². The fourth-order valence-electron chi connectivity index (χ4n) is 6.00. The number of aryl methyl sites for hydroxylation is 1. The third-order valence-corrected chi connectivity index (χ3v) is 8.73. The summed E-state index contributed by atoms with van der Waals surface area (Å²) in [6.07, 6.45) is 1.64. The SMILES string of the molecule is COc1ccc2nc3c(nc2c1)OC1CN(C(=O)C(C(C)(C)C)NC(=O)OC2CC2CCCCC3)C(C(=O)C(C)C)C1(F)F. The van der Waals surface area contributed by atoms with Crippen LogP contribution in [0.15, 0.2) is 18.2 Å². The molecule has 2 aromatic rings. The molecule has 2 aliphatic heterocycles. The molecule has 44 heavy (non-hydrogen) atoms. The number of rotatable bonds is 3. The number of benzene rings is 1. The molecule has 1 aliphatic carbocycles. The van der Waals surface area contributed by atoms with Gasteiger partial charge in [-0.25, -0.2) is 14.8 Å². The molecular weight excluding hydrogens is 574 g/mol. The average molecular weight is 617 g/mol. The van der Waals surface area contributed by atoms with Crippen molar-refractivity contribution >= 4 is 28.8 Å². The lowest BCUT2D eigenvalue weighted by molar-refractivity contribution is -0.152. The first-order valence-corrected chi connectivity index (χ1v) is 15.4. The van der Waals surface area contributed by atoms with E-state index < -0.39 is 59.8 Å². The summed E-state index contributed by atoms with van der Waals surface area (Å²) in [7, 11) is 1.51. The monoisotopic (exact) mass is 616 g/mol. The summed E-state index contributed by atoms with van der Waals surface area (Å²) in [4.78, 5) is 50.5. The molecule has 0 radical (unpaired) electrons. The van der Waals surface area contributed by atoms with Gasteiger partial charge in [-0.1, -0.05) is 47.5 Å². The normalized spacial score (nSPS) is 27.8. The van der Waals surface area contributed by atoms with Crippen molar-refractivity contribution in [3.05, 3.63) is 23.9 Å². The van der Waals surface area contributed by atoms with Gasteiger partial charge < -0.3 is 24.4 Å². The number of fused-ring (bicyclic) bond motifs is 5. The van der Waals surface area contributed by atoms with Crippen LogP contribution in [0.2, 0.25) is 0 Å². The van der Waals surface area contributed by atoms with Gasteiger partial charge in [0.15, 0.2) is 17.9 Å². The number of hydrogen-bond donors (Lipinski definition) is 1. The van der Waals surface area contributed by atoms with Crippen molar-refractivity contribution in [2.24, 2.45) is 17.3 Å². The number of Topliss-reactive ketones (excluding diaryl/α,β-unsaturated/α-hetero) is 1. The van der Waals surface area contributed by atoms with E-state index in [1.54, 1.807) is 39.0 Å². The molecule has 2 amide bonds. The van der Waals surface area contributed by atoms with Crippen LogP contribution in [-0.2, 0) is 20.7 Å². The van der Waals surface area contributed by atoms with Gasteiger partial charge in [-0.3, -0.25) is 9.59 Å². The first-order chi connectivity index (χ1) is 20.7. The Labute approximate surface area is 256 Å². The molecule has 1 saturated heterocycles. The number of nitrogens with zero attached hydrogens (tertiary/aromatic N) is 3. The molecule has 2 fully saturated rings. The Kier molecular flexibility index (Phi) is 8.74. The Morgan fingerprint density at radius 1 is 1.11 bits per heavy atom. The number of aromatic nitrogens is 2. The van der Waals surface area contributed by atoms with E-state index in [9.17, 15) is 14.4 Å². The third kappa shape index (κ3) is 6.44. The summed E-state index contributed by atoms with van der Waals surface area (Å²) in [6, 6.07) is 1.83. The molecule has 3 aliphatic rings. The molecule has 3 heterocycles. The van der Waals surface area contributed by atoms with Crippen molar-refractivity contribution in [3.8, 4) is 11.6 Å². The second-order valence-corrected chi connectivity index (χ2v) is 13.5. The van der Waals surface area contributed by atoms with E-state index in [1.165, 1.54) is 21.0 Å². The topological polar surface area (TPSA) is 120 Å². The first-order valence-electron chi connectivity index (χ1n) is 15.4. The minimum atomic E-state index is -3.76. The number of carbonyl (C=O) groups is 3.